The van der Waals surface area contributed by atoms with Crippen LogP contribution in [0.2, 0.25) is 5.02 Å². The van der Waals surface area contributed by atoms with E-state index in [1.54, 1.807) is 0 Å². The topological polar surface area (TPSA) is 12.0 Å². The molecule has 112 valence electrons. The lowest BCUT2D eigenvalue weighted by Gasteiger charge is -2.20. The van der Waals surface area contributed by atoms with Crippen molar-refractivity contribution in [3.05, 3.63) is 70.5 Å². The fraction of sp³-hybridized carbons (Fsp3) is 0.333. The van der Waals surface area contributed by atoms with Gasteiger partial charge in [0.1, 0.15) is 5.82 Å². The van der Waals surface area contributed by atoms with Crippen LogP contribution in [0.25, 0.3) is 0 Å². The Morgan fingerprint density at radius 3 is 2.33 bits per heavy atom. The average Bonchev–Trinajstić information content (AvgIpc) is 2.46. The van der Waals surface area contributed by atoms with E-state index in [1.807, 2.05) is 36.4 Å². The third-order valence-corrected chi connectivity index (χ3v) is 3.91. The molecule has 0 aromatic heterocycles. The van der Waals surface area contributed by atoms with Crippen molar-refractivity contribution >= 4 is 11.6 Å². The van der Waals surface area contributed by atoms with Gasteiger partial charge in [-0.15, -0.1) is 0 Å². The molecule has 21 heavy (non-hydrogen) atoms. The second-order valence-electron chi connectivity index (χ2n) is 5.61. The van der Waals surface area contributed by atoms with Gasteiger partial charge in [0.15, 0.2) is 0 Å². The minimum absolute atomic E-state index is 0.202. The molecule has 1 atom stereocenters. The molecule has 3 heteroatoms. The highest BCUT2D eigenvalue weighted by Gasteiger charge is 2.14. The number of hydrogen-bond acceptors (Lipinski definition) is 1. The van der Waals surface area contributed by atoms with E-state index in [9.17, 15) is 4.39 Å². The average molecular weight is 306 g/mol. The summed E-state index contributed by atoms with van der Waals surface area (Å²) >= 11 is 6.26. The minimum Gasteiger partial charge on any atom is -0.314 e. The zero-order valence-corrected chi connectivity index (χ0v) is 13.2. The molecule has 0 aliphatic rings. The molecule has 0 bridgehead atoms. The monoisotopic (exact) mass is 305 g/mol. The SMILES string of the molecule is CC(C)NCC(Cc1ccccc1Cl)c1ccc(F)cc1. The van der Waals surface area contributed by atoms with E-state index in [4.69, 9.17) is 11.6 Å². The fourth-order valence-corrected chi connectivity index (χ4v) is 2.56. The summed E-state index contributed by atoms with van der Waals surface area (Å²) in [5.74, 6) is 0.0694. The van der Waals surface area contributed by atoms with E-state index in [0.29, 0.717) is 6.04 Å². The fourth-order valence-electron chi connectivity index (χ4n) is 2.35. The highest BCUT2D eigenvalue weighted by atomic mass is 35.5. The number of nitrogens with one attached hydrogen (secondary N) is 1. The van der Waals surface area contributed by atoms with Crippen LogP contribution in [0, 0.1) is 5.82 Å². The summed E-state index contributed by atoms with van der Waals surface area (Å²) in [6.45, 7) is 5.09. The Balaban J connectivity index is 2.19. The van der Waals surface area contributed by atoms with E-state index in [0.717, 1.165) is 29.1 Å². The van der Waals surface area contributed by atoms with Crippen LogP contribution in [0.5, 0.6) is 0 Å². The van der Waals surface area contributed by atoms with Gasteiger partial charge in [0.05, 0.1) is 0 Å². The number of hydrogen-bond donors (Lipinski definition) is 1. The summed E-state index contributed by atoms with van der Waals surface area (Å²) in [4.78, 5) is 0. The van der Waals surface area contributed by atoms with Gasteiger partial charge in [0.25, 0.3) is 0 Å². The molecular formula is C18H21ClFN. The van der Waals surface area contributed by atoms with E-state index in [1.165, 1.54) is 12.1 Å². The Kier molecular flexibility index (Phi) is 5.77. The highest BCUT2D eigenvalue weighted by molar-refractivity contribution is 6.31. The van der Waals surface area contributed by atoms with E-state index in [-0.39, 0.29) is 11.7 Å². The number of halogens is 2. The molecule has 0 amide bonds. The van der Waals surface area contributed by atoms with Gasteiger partial charge in [-0.05, 0) is 35.7 Å². The van der Waals surface area contributed by atoms with Gasteiger partial charge in [0.2, 0.25) is 0 Å². The molecule has 1 nitrogen and oxygen atoms in total. The van der Waals surface area contributed by atoms with Crippen LogP contribution in [0.15, 0.2) is 48.5 Å². The van der Waals surface area contributed by atoms with Crippen LogP contribution >= 0.6 is 11.6 Å². The van der Waals surface area contributed by atoms with Gasteiger partial charge in [-0.3, -0.25) is 0 Å². The van der Waals surface area contributed by atoms with E-state index >= 15 is 0 Å². The second-order valence-corrected chi connectivity index (χ2v) is 6.01. The van der Waals surface area contributed by atoms with Crippen LogP contribution in [-0.4, -0.2) is 12.6 Å². The first-order valence-electron chi connectivity index (χ1n) is 7.28. The van der Waals surface area contributed by atoms with Gasteiger partial charge in [-0.2, -0.15) is 0 Å². The van der Waals surface area contributed by atoms with Gasteiger partial charge in [0, 0.05) is 23.5 Å². The van der Waals surface area contributed by atoms with Gasteiger partial charge >= 0.3 is 0 Å². The zero-order chi connectivity index (χ0) is 15.2. The van der Waals surface area contributed by atoms with E-state index < -0.39 is 0 Å². The van der Waals surface area contributed by atoms with Crippen LogP contribution < -0.4 is 5.32 Å². The first-order chi connectivity index (χ1) is 10.1. The van der Waals surface area contributed by atoms with E-state index in [2.05, 4.69) is 19.2 Å². The van der Waals surface area contributed by atoms with Gasteiger partial charge in [-0.1, -0.05) is 55.8 Å². The lowest BCUT2D eigenvalue weighted by Crippen LogP contribution is -2.29. The third-order valence-electron chi connectivity index (χ3n) is 3.54. The number of rotatable bonds is 6. The van der Waals surface area contributed by atoms with Crippen LogP contribution in [-0.2, 0) is 6.42 Å². The second kappa shape index (κ2) is 7.58. The predicted molar refractivity (Wildman–Crippen MR) is 87.4 cm³/mol. The van der Waals surface area contributed by atoms with Gasteiger partial charge in [-0.25, -0.2) is 4.39 Å². The van der Waals surface area contributed by atoms with Crippen molar-refractivity contribution in [2.24, 2.45) is 0 Å². The molecule has 1 N–H and O–H groups in total. The van der Waals surface area contributed by atoms with Crippen molar-refractivity contribution < 1.29 is 4.39 Å². The highest BCUT2D eigenvalue weighted by Crippen LogP contribution is 2.25. The number of benzene rings is 2. The Hall–Kier alpha value is -1.38. The molecule has 0 saturated carbocycles. The summed E-state index contributed by atoms with van der Waals surface area (Å²) in [5, 5.41) is 4.25. The maximum Gasteiger partial charge on any atom is 0.123 e. The Labute approximate surface area is 131 Å². The van der Waals surface area contributed by atoms with Crippen LogP contribution in [0.1, 0.15) is 30.9 Å². The summed E-state index contributed by atoms with van der Waals surface area (Å²) in [6.07, 6.45) is 0.838. The van der Waals surface area contributed by atoms with Gasteiger partial charge < -0.3 is 5.32 Å². The molecule has 1 unspecified atom stereocenters. The largest absolute Gasteiger partial charge is 0.314 e. The molecule has 0 heterocycles. The van der Waals surface area contributed by atoms with Crippen molar-refractivity contribution in [2.45, 2.75) is 32.2 Å². The predicted octanol–water partition coefficient (Wildman–Crippen LogP) is 4.80. The summed E-state index contributed by atoms with van der Waals surface area (Å²) in [5.41, 5.74) is 2.25. The Morgan fingerprint density at radius 1 is 1.05 bits per heavy atom. The molecule has 2 rings (SSSR count). The van der Waals surface area contributed by atoms with Crippen LogP contribution in [0.4, 0.5) is 4.39 Å². The molecule has 0 saturated heterocycles. The first-order valence-corrected chi connectivity index (χ1v) is 7.66. The summed E-state index contributed by atoms with van der Waals surface area (Å²) in [7, 11) is 0. The van der Waals surface area contributed by atoms with Crippen molar-refractivity contribution in [1.82, 2.24) is 5.32 Å². The molecular weight excluding hydrogens is 285 g/mol. The molecule has 2 aromatic rings. The molecule has 0 fully saturated rings. The van der Waals surface area contributed by atoms with Crippen molar-refractivity contribution in [1.29, 1.82) is 0 Å². The molecule has 0 aliphatic carbocycles. The Morgan fingerprint density at radius 2 is 1.71 bits per heavy atom. The standard InChI is InChI=1S/C18H21ClFN/c1-13(2)21-12-16(14-7-9-17(20)10-8-14)11-15-5-3-4-6-18(15)19/h3-10,13,16,21H,11-12H2,1-2H3. The minimum atomic E-state index is -0.202. The maximum atomic E-state index is 13.1. The van der Waals surface area contributed by atoms with Crippen molar-refractivity contribution in [2.75, 3.05) is 6.54 Å². The van der Waals surface area contributed by atoms with Crippen molar-refractivity contribution in [3.8, 4) is 0 Å². The Bertz CT molecular complexity index is 566. The quantitative estimate of drug-likeness (QED) is 0.808. The summed E-state index contributed by atoms with van der Waals surface area (Å²) in [6, 6.07) is 15.1. The lowest BCUT2D eigenvalue weighted by atomic mass is 9.91. The maximum absolute atomic E-state index is 13.1. The molecule has 0 aliphatic heterocycles. The normalized spacial score (nSPS) is 12.6. The van der Waals surface area contributed by atoms with Crippen molar-refractivity contribution in [3.63, 3.8) is 0 Å². The molecule has 2 aromatic carbocycles. The molecule has 0 spiro atoms. The van der Waals surface area contributed by atoms with Crippen LogP contribution in [0.3, 0.4) is 0 Å². The lowest BCUT2D eigenvalue weighted by molar-refractivity contribution is 0.526. The first kappa shape index (κ1) is 16.0. The smallest absolute Gasteiger partial charge is 0.123 e. The zero-order valence-electron chi connectivity index (χ0n) is 12.4. The molecule has 0 radical (unpaired) electrons. The summed E-state index contributed by atoms with van der Waals surface area (Å²) < 4.78 is 13.1. The third kappa shape index (κ3) is 4.83.